The van der Waals surface area contributed by atoms with Gasteiger partial charge in [0.25, 0.3) is 0 Å². The molecule has 0 aromatic carbocycles. The van der Waals surface area contributed by atoms with E-state index in [9.17, 15) is 9.59 Å². The van der Waals surface area contributed by atoms with Crippen LogP contribution in [-0.4, -0.2) is 24.6 Å². The smallest absolute Gasteiger partial charge is 0.305 e. The zero-order valence-electron chi connectivity index (χ0n) is 19.4. The number of carbonyl (C=O) groups is 2. The van der Waals surface area contributed by atoms with Gasteiger partial charge in [0.1, 0.15) is 5.60 Å². The molecule has 30 heavy (non-hydrogen) atoms. The molecule has 4 rings (SSSR count). The van der Waals surface area contributed by atoms with Gasteiger partial charge < -0.3 is 9.47 Å². The van der Waals surface area contributed by atoms with Crippen molar-refractivity contribution < 1.29 is 19.1 Å². The van der Waals surface area contributed by atoms with Crippen molar-refractivity contribution in [2.75, 3.05) is 7.11 Å². The van der Waals surface area contributed by atoms with Gasteiger partial charge in [-0.25, -0.2) is 0 Å². The Hall–Kier alpha value is -1.32. The number of methoxy groups -OCH3 is 1. The highest BCUT2D eigenvalue weighted by atomic mass is 16.6. The first-order chi connectivity index (χ1) is 14.3. The summed E-state index contributed by atoms with van der Waals surface area (Å²) in [6, 6.07) is 0. The van der Waals surface area contributed by atoms with Gasteiger partial charge in [0, 0.05) is 19.3 Å². The lowest BCUT2D eigenvalue weighted by Crippen LogP contribution is -2.57. The molecule has 4 aliphatic carbocycles. The Morgan fingerprint density at radius 2 is 1.93 bits per heavy atom. The normalized spacial score (nSPS) is 41.0. The van der Waals surface area contributed by atoms with Gasteiger partial charge in [0.2, 0.25) is 0 Å². The Morgan fingerprint density at radius 3 is 2.67 bits per heavy atom. The molecule has 3 saturated carbocycles. The van der Waals surface area contributed by atoms with Gasteiger partial charge >= 0.3 is 11.9 Å². The van der Waals surface area contributed by atoms with Crippen LogP contribution in [0.2, 0.25) is 0 Å². The highest BCUT2D eigenvalue weighted by molar-refractivity contribution is 5.69. The number of hydrogen-bond acceptors (Lipinski definition) is 4. The summed E-state index contributed by atoms with van der Waals surface area (Å²) in [7, 11) is 1.45. The molecule has 4 heteroatoms. The Labute approximate surface area is 182 Å². The molecule has 7 atom stereocenters. The molecule has 4 nitrogen and oxygen atoms in total. The van der Waals surface area contributed by atoms with Crippen LogP contribution in [0.25, 0.3) is 0 Å². The Kier molecular flexibility index (Phi) is 6.07. The van der Waals surface area contributed by atoms with Crippen LogP contribution in [0.4, 0.5) is 0 Å². The van der Waals surface area contributed by atoms with Gasteiger partial charge in [-0.1, -0.05) is 32.8 Å². The van der Waals surface area contributed by atoms with E-state index in [-0.39, 0.29) is 17.9 Å². The van der Waals surface area contributed by atoms with Crippen LogP contribution in [0.5, 0.6) is 0 Å². The summed E-state index contributed by atoms with van der Waals surface area (Å²) in [6.07, 6.45) is 14.9. The Balaban J connectivity index is 1.59. The third-order valence-electron chi connectivity index (χ3n) is 9.55. The second-order valence-corrected chi connectivity index (χ2v) is 10.8. The minimum absolute atomic E-state index is 0.161. The van der Waals surface area contributed by atoms with E-state index in [4.69, 9.17) is 9.47 Å². The summed E-state index contributed by atoms with van der Waals surface area (Å²) >= 11 is 0. The van der Waals surface area contributed by atoms with Crippen LogP contribution in [0, 0.1) is 35.0 Å². The standard InChI is InChI=1S/C26H40O4/c1-17(8-13-24(28)29-4)21-11-12-23-20-10-9-19-7-5-6-15-25(19,3)22(20)14-16-26(21,23)30-18(2)27/h11,17,19-20,22-23H,5-10,12-16H2,1-4H3. The molecule has 0 heterocycles. The van der Waals surface area contributed by atoms with E-state index in [0.717, 1.165) is 31.1 Å². The van der Waals surface area contributed by atoms with Gasteiger partial charge in [-0.05, 0) is 86.0 Å². The third-order valence-corrected chi connectivity index (χ3v) is 9.55. The number of fused-ring (bicyclic) bond motifs is 5. The van der Waals surface area contributed by atoms with Gasteiger partial charge in [0.15, 0.2) is 0 Å². The predicted octanol–water partition coefficient (Wildman–Crippen LogP) is 5.84. The molecule has 0 N–H and O–H groups in total. The van der Waals surface area contributed by atoms with Crippen LogP contribution in [0.1, 0.15) is 91.4 Å². The third kappa shape index (κ3) is 3.52. The van der Waals surface area contributed by atoms with Crippen LogP contribution >= 0.6 is 0 Å². The molecule has 7 unspecified atom stereocenters. The van der Waals surface area contributed by atoms with Crippen molar-refractivity contribution in [1.82, 2.24) is 0 Å². The van der Waals surface area contributed by atoms with Crippen molar-refractivity contribution in [3.05, 3.63) is 11.6 Å². The van der Waals surface area contributed by atoms with Crippen molar-refractivity contribution in [3.63, 3.8) is 0 Å². The van der Waals surface area contributed by atoms with Crippen molar-refractivity contribution in [3.8, 4) is 0 Å². The number of rotatable bonds is 5. The molecule has 4 aliphatic rings. The molecule has 0 amide bonds. The molecule has 0 saturated heterocycles. The number of hydrogen-bond donors (Lipinski definition) is 0. The van der Waals surface area contributed by atoms with E-state index in [2.05, 4.69) is 19.9 Å². The summed E-state index contributed by atoms with van der Waals surface area (Å²) in [5, 5.41) is 0. The number of allylic oxidation sites excluding steroid dienone is 1. The maximum Gasteiger partial charge on any atom is 0.305 e. The van der Waals surface area contributed by atoms with Crippen LogP contribution in [0.15, 0.2) is 11.6 Å². The van der Waals surface area contributed by atoms with Gasteiger partial charge in [-0.2, -0.15) is 0 Å². The van der Waals surface area contributed by atoms with E-state index in [0.29, 0.717) is 23.7 Å². The first-order valence-corrected chi connectivity index (χ1v) is 12.3. The van der Waals surface area contributed by atoms with E-state index >= 15 is 0 Å². The molecule has 0 bridgehead atoms. The summed E-state index contributed by atoms with van der Waals surface area (Å²) in [5.74, 6) is 2.63. The van der Waals surface area contributed by atoms with Crippen molar-refractivity contribution in [1.29, 1.82) is 0 Å². The number of ether oxygens (including phenoxy) is 2. The maximum atomic E-state index is 12.3. The highest BCUT2D eigenvalue weighted by Gasteiger charge is 2.61. The molecule has 0 radical (unpaired) electrons. The Morgan fingerprint density at radius 1 is 1.13 bits per heavy atom. The lowest BCUT2D eigenvalue weighted by atomic mass is 9.46. The minimum Gasteiger partial charge on any atom is -0.469 e. The van der Waals surface area contributed by atoms with E-state index in [1.54, 1.807) is 6.92 Å². The molecule has 168 valence electrons. The van der Waals surface area contributed by atoms with Crippen LogP contribution in [0.3, 0.4) is 0 Å². The average Bonchev–Trinajstić information content (AvgIpc) is 3.09. The first kappa shape index (κ1) is 21.9. The van der Waals surface area contributed by atoms with E-state index in [1.165, 1.54) is 57.6 Å². The molecular weight excluding hydrogens is 376 g/mol. The Bertz CT molecular complexity index is 712. The molecular formula is C26H40O4. The van der Waals surface area contributed by atoms with Crippen molar-refractivity contribution >= 4 is 11.9 Å². The van der Waals surface area contributed by atoms with Gasteiger partial charge in [0.05, 0.1) is 7.11 Å². The van der Waals surface area contributed by atoms with Gasteiger partial charge in [-0.15, -0.1) is 0 Å². The number of esters is 2. The number of carbonyl (C=O) groups excluding carboxylic acids is 2. The SMILES string of the molecule is COC(=O)CCC(C)C1=CCC2C3CCC4CCCCC4(C)C3CCC12OC(C)=O. The molecule has 0 aliphatic heterocycles. The second-order valence-electron chi connectivity index (χ2n) is 10.8. The predicted molar refractivity (Wildman–Crippen MR) is 117 cm³/mol. The highest BCUT2D eigenvalue weighted by Crippen LogP contribution is 2.65. The monoisotopic (exact) mass is 416 g/mol. The zero-order valence-corrected chi connectivity index (χ0v) is 19.4. The maximum absolute atomic E-state index is 12.3. The second kappa shape index (κ2) is 8.31. The lowest BCUT2D eigenvalue weighted by Gasteiger charge is -2.60. The van der Waals surface area contributed by atoms with Crippen LogP contribution < -0.4 is 0 Å². The fourth-order valence-corrected chi connectivity index (χ4v) is 8.21. The fraction of sp³-hybridized carbons (Fsp3) is 0.846. The minimum atomic E-state index is -0.444. The zero-order chi connectivity index (χ0) is 21.5. The molecule has 0 aromatic heterocycles. The average molecular weight is 417 g/mol. The van der Waals surface area contributed by atoms with E-state index < -0.39 is 5.60 Å². The summed E-state index contributed by atoms with van der Waals surface area (Å²) in [4.78, 5) is 24.0. The first-order valence-electron chi connectivity index (χ1n) is 12.3. The lowest BCUT2D eigenvalue weighted by molar-refractivity contribution is -0.179. The molecule has 0 aromatic rings. The van der Waals surface area contributed by atoms with Crippen LogP contribution in [-0.2, 0) is 19.1 Å². The fourth-order valence-electron chi connectivity index (χ4n) is 8.21. The quantitative estimate of drug-likeness (QED) is 0.417. The molecule has 0 spiro atoms. The summed E-state index contributed by atoms with van der Waals surface area (Å²) in [5.41, 5.74) is 1.31. The summed E-state index contributed by atoms with van der Waals surface area (Å²) < 4.78 is 11.1. The summed E-state index contributed by atoms with van der Waals surface area (Å²) in [6.45, 7) is 6.33. The largest absolute Gasteiger partial charge is 0.469 e. The van der Waals surface area contributed by atoms with Crippen molar-refractivity contribution in [2.45, 2.75) is 97.0 Å². The van der Waals surface area contributed by atoms with Crippen molar-refractivity contribution in [2.24, 2.45) is 35.0 Å². The van der Waals surface area contributed by atoms with E-state index in [1.807, 2.05) is 0 Å². The van der Waals surface area contributed by atoms with Gasteiger partial charge in [-0.3, -0.25) is 9.59 Å². The molecule has 3 fully saturated rings. The topological polar surface area (TPSA) is 52.6 Å².